The molecule has 1 aliphatic heterocycles. The van der Waals surface area contributed by atoms with Gasteiger partial charge in [0.2, 0.25) is 5.91 Å². The van der Waals surface area contributed by atoms with Crippen molar-refractivity contribution in [1.29, 1.82) is 0 Å². The molecule has 2 N–H and O–H groups in total. The molecule has 0 aromatic heterocycles. The van der Waals surface area contributed by atoms with Crippen molar-refractivity contribution >= 4 is 17.2 Å². The first-order valence-electron chi connectivity index (χ1n) is 4.91. The van der Waals surface area contributed by atoms with E-state index in [1.807, 2.05) is 24.3 Å². The Kier molecular flexibility index (Phi) is 2.32. The minimum Gasteiger partial charge on any atom is -0.320 e. The number of hydrogen-bond donors (Lipinski definition) is 1. The van der Waals surface area contributed by atoms with E-state index in [9.17, 15) is 4.79 Å². The number of amides is 1. The molecule has 0 fully saturated rings. The second-order valence-corrected chi connectivity index (χ2v) is 3.83. The molecule has 1 atom stereocenters. The highest BCUT2D eigenvalue weighted by molar-refractivity contribution is 6.02. The molecular formula is C12H14N2O. The molecule has 0 aliphatic carbocycles. The van der Waals surface area contributed by atoms with Crippen LogP contribution in [0.3, 0.4) is 0 Å². The second-order valence-electron chi connectivity index (χ2n) is 3.83. The van der Waals surface area contributed by atoms with Gasteiger partial charge < -0.3 is 10.6 Å². The van der Waals surface area contributed by atoms with Crippen LogP contribution < -0.4 is 10.6 Å². The van der Waals surface area contributed by atoms with E-state index >= 15 is 0 Å². The van der Waals surface area contributed by atoms with Crippen molar-refractivity contribution < 1.29 is 4.79 Å². The molecule has 0 spiro atoms. The van der Waals surface area contributed by atoms with Crippen LogP contribution in [0.15, 0.2) is 30.8 Å². The summed E-state index contributed by atoms with van der Waals surface area (Å²) < 4.78 is 0. The SMILES string of the molecule is C=C1C[C@H](N)C(=O)N(C)c2ccccc21. The zero-order valence-corrected chi connectivity index (χ0v) is 8.73. The van der Waals surface area contributed by atoms with Crippen LogP contribution in [0.25, 0.3) is 5.57 Å². The van der Waals surface area contributed by atoms with Crippen LogP contribution in [0, 0.1) is 0 Å². The van der Waals surface area contributed by atoms with E-state index in [2.05, 4.69) is 6.58 Å². The summed E-state index contributed by atoms with van der Waals surface area (Å²) in [5, 5.41) is 0. The lowest BCUT2D eigenvalue weighted by Gasteiger charge is -2.18. The Morgan fingerprint density at radius 2 is 2.13 bits per heavy atom. The Labute approximate surface area is 89.2 Å². The maximum atomic E-state index is 11.8. The fraction of sp³-hybridized carbons (Fsp3) is 0.250. The maximum Gasteiger partial charge on any atom is 0.243 e. The van der Waals surface area contributed by atoms with Gasteiger partial charge in [0, 0.05) is 12.6 Å². The van der Waals surface area contributed by atoms with Crippen LogP contribution in [0.2, 0.25) is 0 Å². The fourth-order valence-corrected chi connectivity index (χ4v) is 1.90. The average Bonchev–Trinajstić information content (AvgIpc) is 2.33. The summed E-state index contributed by atoms with van der Waals surface area (Å²) in [5.41, 5.74) is 8.62. The summed E-state index contributed by atoms with van der Waals surface area (Å²) in [7, 11) is 1.75. The summed E-state index contributed by atoms with van der Waals surface area (Å²) in [6.07, 6.45) is 0.528. The monoisotopic (exact) mass is 202 g/mol. The summed E-state index contributed by atoms with van der Waals surface area (Å²) in [4.78, 5) is 13.4. The maximum absolute atomic E-state index is 11.8. The van der Waals surface area contributed by atoms with Crippen LogP contribution in [-0.2, 0) is 4.79 Å². The topological polar surface area (TPSA) is 46.3 Å². The molecule has 0 saturated heterocycles. The highest BCUT2D eigenvalue weighted by Gasteiger charge is 2.26. The number of likely N-dealkylation sites (N-methyl/N-ethyl adjacent to an activating group) is 1. The summed E-state index contributed by atoms with van der Waals surface area (Å²) in [6.45, 7) is 3.98. The lowest BCUT2D eigenvalue weighted by molar-refractivity contribution is -0.119. The van der Waals surface area contributed by atoms with E-state index in [0.717, 1.165) is 16.8 Å². The Morgan fingerprint density at radius 3 is 2.87 bits per heavy atom. The molecule has 0 radical (unpaired) electrons. The third-order valence-corrected chi connectivity index (χ3v) is 2.76. The van der Waals surface area contributed by atoms with Gasteiger partial charge in [0.15, 0.2) is 0 Å². The van der Waals surface area contributed by atoms with Crippen molar-refractivity contribution in [3.05, 3.63) is 36.4 Å². The van der Waals surface area contributed by atoms with Gasteiger partial charge in [0.1, 0.15) is 0 Å². The van der Waals surface area contributed by atoms with Gasteiger partial charge in [0.05, 0.1) is 11.7 Å². The minimum absolute atomic E-state index is 0.0545. The number of nitrogens with zero attached hydrogens (tertiary/aromatic N) is 1. The fourth-order valence-electron chi connectivity index (χ4n) is 1.90. The third kappa shape index (κ3) is 1.55. The van der Waals surface area contributed by atoms with Gasteiger partial charge in [-0.25, -0.2) is 0 Å². The van der Waals surface area contributed by atoms with E-state index in [4.69, 9.17) is 5.73 Å². The Bertz CT molecular complexity index is 425. The molecule has 3 heteroatoms. The number of para-hydroxylation sites is 1. The molecular weight excluding hydrogens is 188 g/mol. The standard InChI is InChI=1S/C12H14N2O/c1-8-7-10(13)12(15)14(2)11-6-4-3-5-9(8)11/h3-6,10H,1,7,13H2,2H3/t10-/m0/s1. The predicted octanol–water partition coefficient (Wildman–Crippen LogP) is 1.39. The van der Waals surface area contributed by atoms with Gasteiger partial charge in [-0.2, -0.15) is 0 Å². The number of nitrogens with two attached hydrogens (primary N) is 1. The van der Waals surface area contributed by atoms with Gasteiger partial charge in [-0.15, -0.1) is 0 Å². The quantitative estimate of drug-likeness (QED) is 0.691. The van der Waals surface area contributed by atoms with Crippen molar-refractivity contribution in [3.8, 4) is 0 Å². The molecule has 3 nitrogen and oxygen atoms in total. The Morgan fingerprint density at radius 1 is 1.47 bits per heavy atom. The summed E-state index contributed by atoms with van der Waals surface area (Å²) >= 11 is 0. The lowest BCUT2D eigenvalue weighted by Crippen LogP contribution is -2.40. The Balaban J connectivity index is 2.57. The molecule has 1 aromatic rings. The predicted molar refractivity (Wildman–Crippen MR) is 61.5 cm³/mol. The van der Waals surface area contributed by atoms with Crippen LogP contribution in [-0.4, -0.2) is 19.0 Å². The molecule has 15 heavy (non-hydrogen) atoms. The van der Waals surface area contributed by atoms with Crippen LogP contribution in [0.5, 0.6) is 0 Å². The van der Waals surface area contributed by atoms with E-state index in [0.29, 0.717) is 6.42 Å². The normalized spacial score (nSPS) is 21.2. The highest BCUT2D eigenvalue weighted by atomic mass is 16.2. The van der Waals surface area contributed by atoms with Gasteiger partial charge in [-0.1, -0.05) is 24.8 Å². The van der Waals surface area contributed by atoms with E-state index in [-0.39, 0.29) is 5.91 Å². The number of fused-ring (bicyclic) bond motifs is 1. The largest absolute Gasteiger partial charge is 0.320 e. The van der Waals surface area contributed by atoms with Crippen LogP contribution in [0.4, 0.5) is 5.69 Å². The number of carbonyl (C=O) groups is 1. The number of benzene rings is 1. The van der Waals surface area contributed by atoms with Gasteiger partial charge in [-0.05, 0) is 18.1 Å². The van der Waals surface area contributed by atoms with Crippen LogP contribution >= 0.6 is 0 Å². The van der Waals surface area contributed by atoms with E-state index in [1.165, 1.54) is 0 Å². The first-order valence-corrected chi connectivity index (χ1v) is 4.91. The average molecular weight is 202 g/mol. The lowest BCUT2D eigenvalue weighted by atomic mass is 10.0. The molecule has 0 bridgehead atoms. The zero-order valence-electron chi connectivity index (χ0n) is 8.73. The number of rotatable bonds is 0. The third-order valence-electron chi connectivity index (χ3n) is 2.76. The molecule has 78 valence electrons. The molecule has 1 aromatic carbocycles. The Hall–Kier alpha value is -1.61. The highest BCUT2D eigenvalue weighted by Crippen LogP contribution is 2.31. The van der Waals surface area contributed by atoms with E-state index in [1.54, 1.807) is 11.9 Å². The van der Waals surface area contributed by atoms with Crippen LogP contribution in [0.1, 0.15) is 12.0 Å². The first kappa shape index (κ1) is 9.93. The van der Waals surface area contributed by atoms with Crippen molar-refractivity contribution in [1.82, 2.24) is 0 Å². The second kappa shape index (κ2) is 3.51. The first-order chi connectivity index (χ1) is 7.11. The van der Waals surface area contributed by atoms with Gasteiger partial charge in [-0.3, -0.25) is 4.79 Å². The van der Waals surface area contributed by atoms with Crippen molar-refractivity contribution in [2.45, 2.75) is 12.5 Å². The van der Waals surface area contributed by atoms with E-state index < -0.39 is 6.04 Å². The van der Waals surface area contributed by atoms with Gasteiger partial charge >= 0.3 is 0 Å². The molecule has 1 aliphatic rings. The van der Waals surface area contributed by atoms with Crippen molar-refractivity contribution in [3.63, 3.8) is 0 Å². The molecule has 1 heterocycles. The molecule has 2 rings (SSSR count). The van der Waals surface area contributed by atoms with Gasteiger partial charge in [0.25, 0.3) is 0 Å². The smallest absolute Gasteiger partial charge is 0.243 e. The molecule has 1 amide bonds. The summed E-state index contributed by atoms with van der Waals surface area (Å²) in [5.74, 6) is -0.0545. The van der Waals surface area contributed by atoms with Crippen molar-refractivity contribution in [2.75, 3.05) is 11.9 Å². The number of carbonyl (C=O) groups excluding carboxylic acids is 1. The molecule has 0 unspecified atom stereocenters. The number of anilines is 1. The van der Waals surface area contributed by atoms with Crippen molar-refractivity contribution in [2.24, 2.45) is 5.73 Å². The zero-order chi connectivity index (χ0) is 11.0. The number of hydrogen-bond acceptors (Lipinski definition) is 2. The summed E-state index contributed by atoms with van der Waals surface area (Å²) in [6, 6.07) is 7.26. The molecule has 0 saturated carbocycles. The minimum atomic E-state index is -0.477.